The Morgan fingerprint density at radius 1 is 1.15 bits per heavy atom. The second-order valence-corrected chi connectivity index (χ2v) is 9.35. The van der Waals surface area contributed by atoms with E-state index < -0.39 is 50.5 Å². The number of esters is 1. The van der Waals surface area contributed by atoms with E-state index >= 15 is 0 Å². The van der Waals surface area contributed by atoms with E-state index in [2.05, 4.69) is 15.4 Å². The molecule has 0 aromatic heterocycles. The molecule has 3 rings (SSSR count). The van der Waals surface area contributed by atoms with Crippen LogP contribution in [0.15, 0.2) is 47.4 Å². The highest BCUT2D eigenvalue weighted by Crippen LogP contribution is 2.27. The van der Waals surface area contributed by atoms with Gasteiger partial charge in [-0.3, -0.25) is 9.59 Å². The fraction of sp³-hybridized carbons (Fsp3) is 0.286. The molecule has 0 saturated carbocycles. The monoisotopic (exact) mass is 481 g/mol. The lowest BCUT2D eigenvalue weighted by Crippen LogP contribution is -2.50. The standard InChI is InChI=1S/C21H21F2N3O6S/c1-21(20(29)32-2,16-11-14(22)5-8-17(16)23)25-19(28)13-3-6-15(7-4-13)33(30,31)26-10-9-24-18(27)12-26/h3-8,11H,9-10,12H2,1-2H3,(H,24,27)(H,25,28)/t21-/m1/s1. The van der Waals surface area contributed by atoms with Gasteiger partial charge in [0.25, 0.3) is 5.91 Å². The number of carbonyl (C=O) groups is 3. The SMILES string of the molecule is COC(=O)[C@](C)(NC(=O)c1ccc(S(=O)(=O)N2CCNC(=O)C2)cc1)c1cc(F)ccc1F. The number of sulfonamides is 1. The molecule has 176 valence electrons. The molecule has 0 spiro atoms. The van der Waals surface area contributed by atoms with Crippen LogP contribution in [0.2, 0.25) is 0 Å². The number of halogens is 2. The number of carbonyl (C=O) groups excluding carboxylic acids is 3. The Morgan fingerprint density at radius 2 is 1.82 bits per heavy atom. The highest BCUT2D eigenvalue weighted by molar-refractivity contribution is 7.89. The van der Waals surface area contributed by atoms with Gasteiger partial charge < -0.3 is 15.4 Å². The fourth-order valence-corrected chi connectivity index (χ4v) is 4.76. The Labute approximate surface area is 188 Å². The third kappa shape index (κ3) is 4.86. The number of piperazine rings is 1. The van der Waals surface area contributed by atoms with E-state index in [9.17, 15) is 31.6 Å². The Kier molecular flexibility index (Phi) is 6.79. The topological polar surface area (TPSA) is 122 Å². The molecule has 33 heavy (non-hydrogen) atoms. The molecule has 0 bridgehead atoms. The number of nitrogens with one attached hydrogen (secondary N) is 2. The van der Waals surface area contributed by atoms with Crippen molar-refractivity contribution in [3.8, 4) is 0 Å². The van der Waals surface area contributed by atoms with Crippen molar-refractivity contribution >= 4 is 27.8 Å². The summed E-state index contributed by atoms with van der Waals surface area (Å²) in [6.45, 7) is 1.13. The molecule has 1 saturated heterocycles. The third-order valence-electron chi connectivity index (χ3n) is 5.18. The van der Waals surface area contributed by atoms with E-state index in [0.717, 1.165) is 36.5 Å². The zero-order valence-corrected chi connectivity index (χ0v) is 18.5. The van der Waals surface area contributed by atoms with E-state index in [1.54, 1.807) is 0 Å². The second kappa shape index (κ2) is 9.24. The van der Waals surface area contributed by atoms with Crippen molar-refractivity contribution in [1.29, 1.82) is 0 Å². The molecule has 2 aromatic carbocycles. The van der Waals surface area contributed by atoms with E-state index in [0.29, 0.717) is 0 Å². The van der Waals surface area contributed by atoms with Crippen molar-refractivity contribution in [3.05, 3.63) is 65.2 Å². The van der Waals surface area contributed by atoms with Crippen molar-refractivity contribution in [1.82, 2.24) is 14.9 Å². The van der Waals surface area contributed by atoms with Gasteiger partial charge in [-0.2, -0.15) is 4.31 Å². The molecule has 1 heterocycles. The first kappa shape index (κ1) is 24.3. The molecule has 2 N–H and O–H groups in total. The molecule has 1 aliphatic rings. The molecule has 1 atom stereocenters. The highest BCUT2D eigenvalue weighted by Gasteiger charge is 2.41. The molecule has 0 aliphatic carbocycles. The van der Waals surface area contributed by atoms with Gasteiger partial charge in [-0.15, -0.1) is 0 Å². The Morgan fingerprint density at radius 3 is 2.42 bits per heavy atom. The molecule has 0 unspecified atom stereocenters. The number of hydrogen-bond donors (Lipinski definition) is 2. The van der Waals surface area contributed by atoms with Crippen LogP contribution in [0, 0.1) is 11.6 Å². The lowest BCUT2D eigenvalue weighted by molar-refractivity contribution is -0.148. The molecule has 0 radical (unpaired) electrons. The van der Waals surface area contributed by atoms with E-state index in [1.807, 2.05) is 0 Å². The molecule has 2 aromatic rings. The number of amides is 2. The van der Waals surface area contributed by atoms with Crippen LogP contribution < -0.4 is 10.6 Å². The average molecular weight is 481 g/mol. The van der Waals surface area contributed by atoms with Crippen molar-refractivity contribution in [2.24, 2.45) is 0 Å². The smallest absolute Gasteiger partial charge is 0.336 e. The number of nitrogens with zero attached hydrogens (tertiary/aromatic N) is 1. The molecule has 9 nitrogen and oxygen atoms in total. The van der Waals surface area contributed by atoms with E-state index in [-0.39, 0.29) is 30.1 Å². The van der Waals surface area contributed by atoms with Crippen LogP contribution in [0.4, 0.5) is 8.78 Å². The van der Waals surface area contributed by atoms with Gasteiger partial charge in [0, 0.05) is 24.2 Å². The Balaban J connectivity index is 1.87. The fourth-order valence-electron chi connectivity index (χ4n) is 3.36. The molecule has 1 fully saturated rings. The first-order valence-corrected chi connectivity index (χ1v) is 11.2. The van der Waals surface area contributed by atoms with Crippen molar-refractivity contribution in [2.45, 2.75) is 17.4 Å². The van der Waals surface area contributed by atoms with Gasteiger partial charge in [0.15, 0.2) is 5.54 Å². The number of methoxy groups -OCH3 is 1. The normalized spacial score (nSPS) is 16.4. The highest BCUT2D eigenvalue weighted by atomic mass is 32.2. The lowest BCUT2D eigenvalue weighted by Gasteiger charge is -2.29. The van der Waals surface area contributed by atoms with Gasteiger partial charge in [0.2, 0.25) is 15.9 Å². The first-order chi connectivity index (χ1) is 15.5. The van der Waals surface area contributed by atoms with Gasteiger partial charge in [0.05, 0.1) is 18.6 Å². The maximum absolute atomic E-state index is 14.4. The van der Waals surface area contributed by atoms with E-state index in [4.69, 9.17) is 0 Å². The summed E-state index contributed by atoms with van der Waals surface area (Å²) < 4.78 is 59.3. The van der Waals surface area contributed by atoms with Crippen LogP contribution in [-0.2, 0) is 29.9 Å². The zero-order chi connectivity index (χ0) is 24.4. The van der Waals surface area contributed by atoms with Crippen LogP contribution in [-0.4, -0.2) is 57.3 Å². The first-order valence-electron chi connectivity index (χ1n) is 9.72. The summed E-state index contributed by atoms with van der Waals surface area (Å²) in [7, 11) is -2.94. The second-order valence-electron chi connectivity index (χ2n) is 7.41. The largest absolute Gasteiger partial charge is 0.467 e. The number of hydrogen-bond acceptors (Lipinski definition) is 6. The lowest BCUT2D eigenvalue weighted by atomic mass is 9.90. The summed E-state index contributed by atoms with van der Waals surface area (Å²) in [5.41, 5.74) is -2.55. The third-order valence-corrected chi connectivity index (χ3v) is 7.04. The molecular weight excluding hydrogens is 460 g/mol. The van der Waals surface area contributed by atoms with Gasteiger partial charge in [-0.25, -0.2) is 22.0 Å². The predicted octanol–water partition coefficient (Wildman–Crippen LogP) is 0.904. The molecule has 12 heteroatoms. The Bertz CT molecular complexity index is 1200. The minimum atomic E-state index is -3.97. The van der Waals surface area contributed by atoms with Gasteiger partial charge >= 0.3 is 5.97 Å². The minimum absolute atomic E-state index is 0.0442. The van der Waals surface area contributed by atoms with Gasteiger partial charge in [-0.05, 0) is 49.4 Å². The van der Waals surface area contributed by atoms with Gasteiger partial charge in [-0.1, -0.05) is 0 Å². The van der Waals surface area contributed by atoms with Crippen molar-refractivity contribution in [3.63, 3.8) is 0 Å². The summed E-state index contributed by atoms with van der Waals surface area (Å²) in [6, 6.07) is 7.21. The maximum atomic E-state index is 14.4. The van der Waals surface area contributed by atoms with Crippen molar-refractivity contribution in [2.75, 3.05) is 26.7 Å². The van der Waals surface area contributed by atoms with Crippen LogP contribution in [0.1, 0.15) is 22.8 Å². The summed E-state index contributed by atoms with van der Waals surface area (Å²) in [4.78, 5) is 36.6. The number of rotatable bonds is 6. The molecule has 2 amide bonds. The summed E-state index contributed by atoms with van der Waals surface area (Å²) in [5, 5.41) is 4.87. The maximum Gasteiger partial charge on any atom is 0.336 e. The minimum Gasteiger partial charge on any atom is -0.467 e. The average Bonchev–Trinajstić information content (AvgIpc) is 2.80. The van der Waals surface area contributed by atoms with Gasteiger partial charge in [0.1, 0.15) is 11.6 Å². The molecular formula is C21H21F2N3O6S. The van der Waals surface area contributed by atoms with E-state index in [1.165, 1.54) is 24.3 Å². The van der Waals surface area contributed by atoms with Crippen LogP contribution in [0.3, 0.4) is 0 Å². The zero-order valence-electron chi connectivity index (χ0n) is 17.7. The number of ether oxygens (including phenoxy) is 1. The summed E-state index contributed by atoms with van der Waals surface area (Å²) in [5.74, 6) is -4.07. The number of benzene rings is 2. The quantitative estimate of drug-likeness (QED) is 0.592. The van der Waals surface area contributed by atoms with Crippen molar-refractivity contribution < 1.29 is 36.3 Å². The molecule has 1 aliphatic heterocycles. The summed E-state index contributed by atoms with van der Waals surface area (Å²) in [6.07, 6.45) is 0. The predicted molar refractivity (Wildman–Crippen MR) is 111 cm³/mol. The van der Waals surface area contributed by atoms with Crippen LogP contribution in [0.25, 0.3) is 0 Å². The van der Waals surface area contributed by atoms with Crippen LogP contribution in [0.5, 0.6) is 0 Å². The Hall–Kier alpha value is -3.38. The van der Waals surface area contributed by atoms with Crippen LogP contribution >= 0.6 is 0 Å². The summed E-state index contributed by atoms with van der Waals surface area (Å²) >= 11 is 0.